The molecule has 4 N–H and O–H groups in total. The number of benzene rings is 2. The Bertz CT molecular complexity index is 2700. The summed E-state index contributed by atoms with van der Waals surface area (Å²) in [7, 11) is 0. The van der Waals surface area contributed by atoms with Gasteiger partial charge in [0.05, 0.1) is 66.8 Å². The molecule has 2 aromatic carbocycles. The summed E-state index contributed by atoms with van der Waals surface area (Å²) >= 11 is 9.50. The van der Waals surface area contributed by atoms with Gasteiger partial charge in [0, 0.05) is 47.1 Å². The number of thiophene rings is 1. The van der Waals surface area contributed by atoms with Crippen LogP contribution in [-0.2, 0) is 39.9 Å². The summed E-state index contributed by atoms with van der Waals surface area (Å²) in [6, 6.07) is 13.0. The van der Waals surface area contributed by atoms with Crippen LogP contribution in [0.2, 0.25) is 5.02 Å². The molecule has 7 rings (SSSR count). The fourth-order valence-electron chi connectivity index (χ4n) is 8.74. The Morgan fingerprint density at radius 2 is 1.58 bits per heavy atom. The van der Waals surface area contributed by atoms with E-state index < -0.39 is 47.4 Å². The summed E-state index contributed by atoms with van der Waals surface area (Å²) in [6.45, 7) is 16.8. The molecule has 17 nitrogen and oxygen atoms in total. The number of likely N-dealkylation sites (tertiary alicyclic amines) is 1. The first-order valence-corrected chi connectivity index (χ1v) is 26.0. The van der Waals surface area contributed by atoms with Gasteiger partial charge < -0.3 is 40.2 Å². The van der Waals surface area contributed by atoms with Crippen molar-refractivity contribution in [3.05, 3.63) is 104 Å². The van der Waals surface area contributed by atoms with Crippen molar-refractivity contribution in [3.63, 3.8) is 0 Å². The molecule has 5 aromatic rings. The second-order valence-electron chi connectivity index (χ2n) is 18.9. The van der Waals surface area contributed by atoms with E-state index in [-0.39, 0.29) is 77.5 Å². The third kappa shape index (κ3) is 12.8. The molecule has 1 fully saturated rings. The Labute approximate surface area is 427 Å². The summed E-state index contributed by atoms with van der Waals surface area (Å²) in [5, 5.41) is 29.9. The molecule has 0 saturated carbocycles. The first kappa shape index (κ1) is 53.4. The molecule has 0 radical (unpaired) electrons. The van der Waals surface area contributed by atoms with Crippen molar-refractivity contribution >= 4 is 63.6 Å². The fraction of sp³-hybridized carbons (Fsp3) is 0.490. The largest absolute Gasteiger partial charge is 0.391 e. The highest BCUT2D eigenvalue weighted by Gasteiger charge is 2.45. The second-order valence-corrected chi connectivity index (χ2v) is 21.4. The smallest absolute Gasteiger partial charge is 0.246 e. The average Bonchev–Trinajstić information content (AvgIpc) is 4.11. The van der Waals surface area contributed by atoms with Crippen LogP contribution in [0, 0.1) is 39.0 Å². The molecule has 0 unspecified atom stereocenters. The van der Waals surface area contributed by atoms with E-state index in [4.69, 9.17) is 30.8 Å². The quantitative estimate of drug-likeness (QED) is 0.0605. The van der Waals surface area contributed by atoms with Crippen LogP contribution in [0.4, 0.5) is 0 Å². The SMILES string of the molecule is CC[C@@H](C(=O)NCCOCCOCCOCC(=O)N[C@H](C(=O)N1C[C@H](O)C[C@H]1C(=O)NCc1ccc(-c2scnc2C)cc1)C(C)(C)C)[C@@H]1N=C(c2ccc(Cl)cc2)c2c(sc(C)c2C)-n2c(C)nnc21. The number of nitrogens with one attached hydrogen (secondary N) is 3. The number of amides is 4. The van der Waals surface area contributed by atoms with E-state index in [1.165, 1.54) is 4.90 Å². The van der Waals surface area contributed by atoms with Crippen molar-refractivity contribution in [1.29, 1.82) is 0 Å². The number of hydrogen-bond acceptors (Lipinski definition) is 14. The summed E-state index contributed by atoms with van der Waals surface area (Å²) in [4.78, 5) is 67.6. The molecular weight excluding hydrogens is 966 g/mol. The van der Waals surface area contributed by atoms with E-state index >= 15 is 0 Å². The van der Waals surface area contributed by atoms with E-state index in [0.717, 1.165) is 59.8 Å². The first-order valence-electron chi connectivity index (χ1n) is 23.9. The zero-order chi connectivity index (χ0) is 51.0. The van der Waals surface area contributed by atoms with Gasteiger partial charge in [0.25, 0.3) is 0 Å². The zero-order valence-electron chi connectivity index (χ0n) is 41.5. The molecule has 2 aliphatic rings. The average molecular weight is 1030 g/mol. The van der Waals surface area contributed by atoms with Gasteiger partial charge in [0.2, 0.25) is 23.6 Å². The Morgan fingerprint density at radius 1 is 0.901 bits per heavy atom. The highest BCUT2D eigenvalue weighted by molar-refractivity contribution is 7.15. The number of rotatable bonds is 21. The Morgan fingerprint density at radius 3 is 2.24 bits per heavy atom. The van der Waals surface area contributed by atoms with Crippen LogP contribution in [0.3, 0.4) is 0 Å². The number of thiazole rings is 1. The molecule has 5 heterocycles. The van der Waals surface area contributed by atoms with Crippen LogP contribution in [0.1, 0.15) is 91.1 Å². The van der Waals surface area contributed by atoms with E-state index in [1.54, 1.807) is 22.7 Å². The normalized spacial score (nSPS) is 17.5. The molecule has 5 atom stereocenters. The zero-order valence-corrected chi connectivity index (χ0v) is 43.9. The van der Waals surface area contributed by atoms with Crippen molar-refractivity contribution in [3.8, 4) is 15.4 Å². The lowest BCUT2D eigenvalue weighted by Crippen LogP contribution is -2.58. The lowest BCUT2D eigenvalue weighted by molar-refractivity contribution is -0.144. The van der Waals surface area contributed by atoms with Gasteiger partial charge in [-0.25, -0.2) is 4.98 Å². The standard InChI is InChI=1S/C51H64ClN9O8S2/c1-9-38(43-46-59-58-32(5)61(46)50-41(29(2)31(4)71-50)42(57-43)34-14-16-36(52)17-15-34)47(64)53-18-19-67-20-21-68-22-23-69-27-40(63)56-45(51(6,7)8)49(66)60-26-37(62)24-39(60)48(65)54-25-33-10-12-35(13-11-33)44-30(3)55-28-70-44/h10-17,28,37-39,43,45,62H,9,18-27H2,1-8H3,(H,53,64)(H,54,65)(H,56,63)/t37-,38-,39+,43+,45-/m1/s1. The molecule has 1 saturated heterocycles. The summed E-state index contributed by atoms with van der Waals surface area (Å²) in [5.74, 6) is -0.708. The molecule has 0 aliphatic carbocycles. The highest BCUT2D eigenvalue weighted by Crippen LogP contribution is 2.41. The monoisotopic (exact) mass is 1030 g/mol. The molecule has 20 heteroatoms. The van der Waals surface area contributed by atoms with Crippen LogP contribution in [0.25, 0.3) is 15.4 Å². The maximum atomic E-state index is 14.0. The minimum Gasteiger partial charge on any atom is -0.391 e. The number of carbonyl (C=O) groups is 4. The van der Waals surface area contributed by atoms with Gasteiger partial charge in [0.15, 0.2) is 5.82 Å². The molecule has 71 heavy (non-hydrogen) atoms. The molecule has 4 amide bonds. The van der Waals surface area contributed by atoms with Gasteiger partial charge in [-0.15, -0.1) is 32.9 Å². The number of halogens is 1. The number of β-amino-alcohol motifs (C(OH)–C–C–N with tert-alkyl or cyclic N) is 1. The number of aryl methyl sites for hydroxylation is 3. The number of aliphatic hydroxyl groups is 1. The van der Waals surface area contributed by atoms with Crippen molar-refractivity contribution < 1.29 is 38.5 Å². The molecule has 380 valence electrons. The van der Waals surface area contributed by atoms with E-state index in [9.17, 15) is 24.3 Å². The van der Waals surface area contributed by atoms with Gasteiger partial charge in [-0.05, 0) is 68.4 Å². The molecule has 3 aromatic heterocycles. The maximum Gasteiger partial charge on any atom is 0.246 e. The Balaban J connectivity index is 0.818. The van der Waals surface area contributed by atoms with Gasteiger partial charge in [0.1, 0.15) is 35.6 Å². The fourth-order valence-corrected chi connectivity index (χ4v) is 10.9. The van der Waals surface area contributed by atoms with E-state index in [0.29, 0.717) is 17.3 Å². The van der Waals surface area contributed by atoms with Crippen LogP contribution in [0.5, 0.6) is 0 Å². The number of aliphatic hydroxyl groups excluding tert-OH is 1. The van der Waals surface area contributed by atoms with E-state index in [2.05, 4.69) is 45.0 Å². The lowest BCUT2D eigenvalue weighted by atomic mass is 9.85. The third-order valence-corrected chi connectivity index (χ3v) is 15.1. The van der Waals surface area contributed by atoms with Gasteiger partial charge >= 0.3 is 0 Å². The van der Waals surface area contributed by atoms with Gasteiger partial charge in [-0.1, -0.05) is 75.7 Å². The van der Waals surface area contributed by atoms with Crippen LogP contribution < -0.4 is 16.0 Å². The molecule has 0 bridgehead atoms. The summed E-state index contributed by atoms with van der Waals surface area (Å²) < 4.78 is 19.0. The molecule has 0 spiro atoms. The number of nitrogens with zero attached hydrogens (tertiary/aromatic N) is 6. The minimum absolute atomic E-state index is 0.0288. The second kappa shape index (κ2) is 23.9. The van der Waals surface area contributed by atoms with Gasteiger partial charge in [-0.2, -0.15) is 0 Å². The lowest BCUT2D eigenvalue weighted by Gasteiger charge is -2.35. The highest BCUT2D eigenvalue weighted by atomic mass is 35.5. The Kier molecular flexibility index (Phi) is 18.0. The number of ether oxygens (including phenoxy) is 3. The van der Waals surface area contributed by atoms with Crippen LogP contribution in [0.15, 0.2) is 59.0 Å². The molecule has 2 aliphatic heterocycles. The van der Waals surface area contributed by atoms with Crippen LogP contribution in [-0.4, -0.2) is 130 Å². The first-order chi connectivity index (χ1) is 34.0. The van der Waals surface area contributed by atoms with Crippen molar-refractivity contribution in [2.24, 2.45) is 16.3 Å². The van der Waals surface area contributed by atoms with Gasteiger partial charge in [-0.3, -0.25) is 28.7 Å². The van der Waals surface area contributed by atoms with Crippen molar-refractivity contribution in [2.75, 3.05) is 52.7 Å². The summed E-state index contributed by atoms with van der Waals surface area (Å²) in [5.41, 5.74) is 7.78. The predicted molar refractivity (Wildman–Crippen MR) is 274 cm³/mol. The molecular formula is C51H64ClN9O8S2. The van der Waals surface area contributed by atoms with Crippen molar-refractivity contribution in [1.82, 2.24) is 40.6 Å². The van der Waals surface area contributed by atoms with Crippen LogP contribution >= 0.6 is 34.3 Å². The van der Waals surface area contributed by atoms with Crippen molar-refractivity contribution in [2.45, 2.75) is 99.0 Å². The number of aliphatic imine (C=N–C) groups is 1. The van der Waals surface area contributed by atoms with E-state index in [1.807, 2.05) is 100 Å². The number of aromatic nitrogens is 4. The topological polar surface area (TPSA) is 211 Å². The third-order valence-electron chi connectivity index (χ3n) is 12.7. The summed E-state index contributed by atoms with van der Waals surface area (Å²) in [6.07, 6.45) is -0.289. The number of carbonyl (C=O) groups excluding carboxylic acids is 4. The number of fused-ring (bicyclic) bond motifs is 3. The maximum absolute atomic E-state index is 14.0. The predicted octanol–water partition coefficient (Wildman–Crippen LogP) is 6.23. The number of hydrogen-bond donors (Lipinski definition) is 4. The minimum atomic E-state index is -0.985. The Hall–Kier alpha value is -5.41.